The lowest BCUT2D eigenvalue weighted by Gasteiger charge is -2.07. The lowest BCUT2D eigenvalue weighted by atomic mass is 10.1. The van der Waals surface area contributed by atoms with Gasteiger partial charge >= 0.3 is 11.8 Å². The van der Waals surface area contributed by atoms with Gasteiger partial charge in [-0.1, -0.05) is 0 Å². The summed E-state index contributed by atoms with van der Waals surface area (Å²) in [6.07, 6.45) is -4.11. The number of pyridine rings is 1. The van der Waals surface area contributed by atoms with Crippen LogP contribution < -0.4 is 0 Å². The minimum Gasteiger partial charge on any atom is -0.481 e. The number of rotatable bonds is 4. The molecule has 0 unspecified atom stereocenters. The van der Waals surface area contributed by atoms with Gasteiger partial charge < -0.3 is 15.2 Å². The average Bonchev–Trinajstić information content (AvgIpc) is 2.19. The number of nitrogens with zero attached hydrogens (tertiary/aromatic N) is 2. The maximum absolute atomic E-state index is 13.1. The Bertz CT molecular complexity index is 478. The fraction of sp³-hybridized carbons (Fsp3) is 0.250. The molecule has 0 saturated carbocycles. The van der Waals surface area contributed by atoms with Crippen molar-refractivity contribution in [1.82, 2.24) is 4.98 Å². The Morgan fingerprint density at radius 1 is 1.59 bits per heavy atom. The lowest BCUT2D eigenvalue weighted by molar-refractivity contribution is -0.391. The molecule has 1 heterocycles. The predicted molar refractivity (Wildman–Crippen MR) is 47.1 cm³/mol. The number of halogens is 3. The van der Waals surface area contributed by atoms with Crippen LogP contribution in [-0.2, 0) is 11.2 Å². The second-order valence-electron chi connectivity index (χ2n) is 2.95. The fourth-order valence-corrected chi connectivity index (χ4v) is 1.23. The van der Waals surface area contributed by atoms with Crippen molar-refractivity contribution in [3.63, 3.8) is 0 Å². The third-order valence-electron chi connectivity index (χ3n) is 1.87. The summed E-state index contributed by atoms with van der Waals surface area (Å²) in [6, 6.07) is 0. The summed E-state index contributed by atoms with van der Waals surface area (Å²) in [5.74, 6) is -4.13. The van der Waals surface area contributed by atoms with Crippen molar-refractivity contribution in [2.24, 2.45) is 0 Å². The molecular formula is C8H5F3N2O4. The minimum atomic E-state index is -3.38. The Kier molecular flexibility index (Phi) is 3.61. The Balaban J connectivity index is 3.48. The standard InChI is InChI=1S/C8H5F3N2O4/c9-4-2-12-8(13(16)17)6(7(10)11)3(4)1-5(14)15/h2,7H,1H2,(H,14,15). The van der Waals surface area contributed by atoms with Gasteiger partial charge in [-0.3, -0.25) is 4.79 Å². The van der Waals surface area contributed by atoms with Crippen LogP contribution >= 0.6 is 0 Å². The van der Waals surface area contributed by atoms with E-state index in [1.807, 2.05) is 0 Å². The molecule has 0 aliphatic rings. The minimum absolute atomic E-state index is 0.349. The first-order valence-electron chi connectivity index (χ1n) is 4.16. The van der Waals surface area contributed by atoms with Crippen LogP contribution in [0.2, 0.25) is 0 Å². The van der Waals surface area contributed by atoms with Crippen LogP contribution in [0.25, 0.3) is 0 Å². The molecule has 0 radical (unpaired) electrons. The van der Waals surface area contributed by atoms with E-state index < -0.39 is 46.5 Å². The Labute approximate surface area is 91.9 Å². The van der Waals surface area contributed by atoms with Crippen LogP contribution in [0.4, 0.5) is 19.0 Å². The Morgan fingerprint density at radius 2 is 2.18 bits per heavy atom. The maximum Gasteiger partial charge on any atom is 0.372 e. The van der Waals surface area contributed by atoms with Gasteiger partial charge in [-0.2, -0.15) is 0 Å². The summed E-state index contributed by atoms with van der Waals surface area (Å²) < 4.78 is 38.3. The number of nitro groups is 1. The number of carbonyl (C=O) groups is 1. The second kappa shape index (κ2) is 4.76. The second-order valence-corrected chi connectivity index (χ2v) is 2.95. The van der Waals surface area contributed by atoms with Gasteiger partial charge in [0.05, 0.1) is 6.42 Å². The monoisotopic (exact) mass is 250 g/mol. The molecule has 1 aromatic rings. The molecule has 1 rings (SSSR count). The molecule has 92 valence electrons. The highest BCUT2D eigenvalue weighted by Gasteiger charge is 2.30. The number of carboxylic acids is 1. The van der Waals surface area contributed by atoms with Crippen LogP contribution in [-0.4, -0.2) is 21.0 Å². The van der Waals surface area contributed by atoms with Crippen LogP contribution in [0.3, 0.4) is 0 Å². The number of hydrogen-bond donors (Lipinski definition) is 1. The topological polar surface area (TPSA) is 93.3 Å². The highest BCUT2D eigenvalue weighted by atomic mass is 19.3. The van der Waals surface area contributed by atoms with Gasteiger partial charge in [-0.05, 0) is 9.91 Å². The van der Waals surface area contributed by atoms with Crippen molar-refractivity contribution >= 4 is 11.8 Å². The summed E-state index contributed by atoms with van der Waals surface area (Å²) in [4.78, 5) is 22.5. The summed E-state index contributed by atoms with van der Waals surface area (Å²) in [7, 11) is 0. The normalized spacial score (nSPS) is 10.6. The first kappa shape index (κ1) is 12.9. The summed E-state index contributed by atoms with van der Waals surface area (Å²) in [5.41, 5.74) is -2.22. The molecular weight excluding hydrogens is 245 g/mol. The molecule has 1 N–H and O–H groups in total. The Hall–Kier alpha value is -2.19. The predicted octanol–water partition coefficient (Wildman–Crippen LogP) is 1.69. The molecule has 9 heteroatoms. The van der Waals surface area contributed by atoms with Crippen molar-refractivity contribution in [2.45, 2.75) is 12.8 Å². The maximum atomic E-state index is 13.1. The van der Waals surface area contributed by atoms with Gasteiger partial charge in [0.2, 0.25) is 0 Å². The van der Waals surface area contributed by atoms with Gasteiger partial charge in [0.15, 0.2) is 12.0 Å². The molecule has 0 aliphatic heterocycles. The molecule has 0 saturated heterocycles. The van der Waals surface area contributed by atoms with E-state index in [0.717, 1.165) is 0 Å². The zero-order chi connectivity index (χ0) is 13.2. The highest BCUT2D eigenvalue weighted by molar-refractivity contribution is 5.71. The first-order valence-corrected chi connectivity index (χ1v) is 4.16. The first-order chi connectivity index (χ1) is 7.84. The smallest absolute Gasteiger partial charge is 0.372 e. The zero-order valence-electron chi connectivity index (χ0n) is 8.06. The van der Waals surface area contributed by atoms with E-state index in [0.29, 0.717) is 6.20 Å². The SMILES string of the molecule is O=C(O)Cc1c(F)cnc([N+](=O)[O-])c1C(F)F. The van der Waals surface area contributed by atoms with E-state index in [1.54, 1.807) is 0 Å². The third-order valence-corrected chi connectivity index (χ3v) is 1.87. The number of aromatic nitrogens is 1. The van der Waals surface area contributed by atoms with E-state index >= 15 is 0 Å². The summed E-state index contributed by atoms with van der Waals surface area (Å²) in [6.45, 7) is 0. The quantitative estimate of drug-likeness (QED) is 0.648. The van der Waals surface area contributed by atoms with Crippen molar-refractivity contribution in [3.05, 3.63) is 33.3 Å². The number of carboxylic acid groups (broad SMARTS) is 1. The van der Waals surface area contributed by atoms with Crippen molar-refractivity contribution in [2.75, 3.05) is 0 Å². The molecule has 0 fully saturated rings. The van der Waals surface area contributed by atoms with E-state index in [1.165, 1.54) is 0 Å². The molecule has 0 aromatic carbocycles. The van der Waals surface area contributed by atoms with Crippen LogP contribution in [0.5, 0.6) is 0 Å². The molecule has 0 bridgehead atoms. The molecule has 6 nitrogen and oxygen atoms in total. The summed E-state index contributed by atoms with van der Waals surface area (Å²) in [5, 5.41) is 18.8. The molecule has 17 heavy (non-hydrogen) atoms. The average molecular weight is 250 g/mol. The van der Waals surface area contributed by atoms with Gasteiger partial charge in [0.25, 0.3) is 6.43 Å². The fourth-order valence-electron chi connectivity index (χ4n) is 1.23. The van der Waals surface area contributed by atoms with Gasteiger partial charge in [0.1, 0.15) is 5.56 Å². The van der Waals surface area contributed by atoms with Crippen molar-refractivity contribution in [3.8, 4) is 0 Å². The van der Waals surface area contributed by atoms with Crippen LogP contribution in [0.15, 0.2) is 6.20 Å². The molecule has 0 spiro atoms. The van der Waals surface area contributed by atoms with Crippen molar-refractivity contribution < 1.29 is 28.0 Å². The van der Waals surface area contributed by atoms with Crippen LogP contribution in [0.1, 0.15) is 17.6 Å². The zero-order valence-corrected chi connectivity index (χ0v) is 8.06. The molecule has 0 aliphatic carbocycles. The molecule has 0 atom stereocenters. The summed E-state index contributed by atoms with van der Waals surface area (Å²) >= 11 is 0. The third kappa shape index (κ3) is 2.68. The largest absolute Gasteiger partial charge is 0.481 e. The van der Waals surface area contributed by atoms with Gasteiger partial charge in [-0.15, -0.1) is 0 Å². The Morgan fingerprint density at radius 3 is 2.59 bits per heavy atom. The van der Waals surface area contributed by atoms with E-state index in [9.17, 15) is 28.1 Å². The van der Waals surface area contributed by atoms with Gasteiger partial charge in [-0.25, -0.2) is 13.2 Å². The molecule has 0 amide bonds. The lowest BCUT2D eigenvalue weighted by Crippen LogP contribution is -2.10. The van der Waals surface area contributed by atoms with Crippen LogP contribution in [0, 0.1) is 15.9 Å². The van der Waals surface area contributed by atoms with E-state index in [2.05, 4.69) is 4.98 Å². The highest BCUT2D eigenvalue weighted by Crippen LogP contribution is 2.32. The molecule has 1 aromatic heterocycles. The van der Waals surface area contributed by atoms with E-state index in [-0.39, 0.29) is 0 Å². The van der Waals surface area contributed by atoms with Gasteiger partial charge in [0, 0.05) is 5.56 Å². The van der Waals surface area contributed by atoms with Crippen molar-refractivity contribution in [1.29, 1.82) is 0 Å². The number of alkyl halides is 2. The number of aliphatic carboxylic acids is 1. The number of hydrogen-bond acceptors (Lipinski definition) is 4. The van der Waals surface area contributed by atoms with E-state index in [4.69, 9.17) is 5.11 Å².